The Morgan fingerprint density at radius 1 is 1.29 bits per heavy atom. The highest BCUT2D eigenvalue weighted by Gasteiger charge is 2.11. The van der Waals surface area contributed by atoms with Crippen LogP contribution in [0.4, 0.5) is 5.69 Å². The van der Waals surface area contributed by atoms with Crippen LogP contribution in [-0.2, 0) is 4.79 Å². The average Bonchev–Trinajstić information content (AvgIpc) is 2.97. The van der Waals surface area contributed by atoms with Crippen LogP contribution in [0.1, 0.15) is 15.2 Å². The van der Waals surface area contributed by atoms with Crippen molar-refractivity contribution in [1.82, 2.24) is 0 Å². The molecule has 0 aliphatic carbocycles. The van der Waals surface area contributed by atoms with Crippen molar-refractivity contribution in [3.63, 3.8) is 0 Å². The minimum Gasteiger partial charge on any atom is -0.478 e. The van der Waals surface area contributed by atoms with Crippen LogP contribution in [0.5, 0.6) is 0 Å². The Morgan fingerprint density at radius 2 is 2.10 bits per heavy atom. The van der Waals surface area contributed by atoms with Gasteiger partial charge >= 0.3 is 5.97 Å². The van der Waals surface area contributed by atoms with Gasteiger partial charge in [0.05, 0.1) is 5.56 Å². The van der Waals surface area contributed by atoms with Crippen LogP contribution >= 0.6 is 11.3 Å². The molecule has 1 heterocycles. The van der Waals surface area contributed by atoms with Crippen LogP contribution in [-0.4, -0.2) is 17.0 Å². The number of hydrogen-bond donors (Lipinski definition) is 2. The monoisotopic (exact) mass is 298 g/mol. The van der Waals surface area contributed by atoms with Crippen molar-refractivity contribution in [2.24, 2.45) is 0 Å². The smallest absolute Gasteiger partial charge is 0.335 e. The van der Waals surface area contributed by atoms with E-state index in [9.17, 15) is 9.59 Å². The highest BCUT2D eigenvalue weighted by Crippen LogP contribution is 2.16. The number of amides is 1. The Balaban J connectivity index is 2.19. The summed E-state index contributed by atoms with van der Waals surface area (Å²) < 4.78 is 0. The van der Waals surface area contributed by atoms with Gasteiger partial charge in [-0.3, -0.25) is 4.79 Å². The van der Waals surface area contributed by atoms with E-state index in [-0.39, 0.29) is 11.1 Å². The molecule has 0 fully saturated rings. The average molecular weight is 298 g/mol. The molecule has 5 nitrogen and oxygen atoms in total. The summed E-state index contributed by atoms with van der Waals surface area (Å²) in [5.41, 5.74) is 0.346. The SMILES string of the molecule is N#C/C(=C/c1cccs1)C(=O)Nc1cccc(C(=O)O)c1. The minimum absolute atomic E-state index is 0.0434. The summed E-state index contributed by atoms with van der Waals surface area (Å²) in [7, 11) is 0. The predicted octanol–water partition coefficient (Wildman–Crippen LogP) is 2.99. The number of hydrogen-bond acceptors (Lipinski definition) is 4. The molecule has 0 bridgehead atoms. The molecule has 21 heavy (non-hydrogen) atoms. The number of carboxylic acids is 1. The van der Waals surface area contributed by atoms with Crippen molar-refractivity contribution < 1.29 is 14.7 Å². The molecule has 0 saturated carbocycles. The second kappa shape index (κ2) is 6.50. The van der Waals surface area contributed by atoms with E-state index >= 15 is 0 Å². The largest absolute Gasteiger partial charge is 0.478 e. The number of rotatable bonds is 4. The molecular formula is C15H10N2O3S. The number of nitrogens with one attached hydrogen (secondary N) is 1. The number of anilines is 1. The number of carbonyl (C=O) groups is 2. The molecule has 0 aliphatic heterocycles. The van der Waals surface area contributed by atoms with E-state index in [1.807, 2.05) is 17.5 Å². The van der Waals surface area contributed by atoms with E-state index in [1.165, 1.54) is 35.6 Å². The Hall–Kier alpha value is -2.91. The van der Waals surface area contributed by atoms with Crippen LogP contribution in [0.15, 0.2) is 47.4 Å². The van der Waals surface area contributed by atoms with E-state index < -0.39 is 11.9 Å². The fraction of sp³-hybridized carbons (Fsp3) is 0. The van der Waals surface area contributed by atoms with Crippen LogP contribution in [0, 0.1) is 11.3 Å². The van der Waals surface area contributed by atoms with Gasteiger partial charge in [-0.25, -0.2) is 4.79 Å². The molecule has 0 saturated heterocycles. The molecule has 1 aromatic carbocycles. The molecule has 0 radical (unpaired) electrons. The first-order chi connectivity index (χ1) is 10.1. The molecule has 2 N–H and O–H groups in total. The maximum absolute atomic E-state index is 12.0. The lowest BCUT2D eigenvalue weighted by Crippen LogP contribution is -2.13. The number of nitriles is 1. The lowest BCUT2D eigenvalue weighted by molar-refractivity contribution is -0.112. The van der Waals surface area contributed by atoms with E-state index in [4.69, 9.17) is 10.4 Å². The third-order valence-electron chi connectivity index (χ3n) is 2.56. The van der Waals surface area contributed by atoms with Crippen LogP contribution in [0.2, 0.25) is 0 Å². The van der Waals surface area contributed by atoms with E-state index in [0.29, 0.717) is 5.69 Å². The molecule has 0 atom stereocenters. The summed E-state index contributed by atoms with van der Waals surface area (Å²) >= 11 is 1.41. The number of thiophene rings is 1. The summed E-state index contributed by atoms with van der Waals surface area (Å²) in [4.78, 5) is 23.7. The van der Waals surface area contributed by atoms with Gasteiger partial charge in [0.25, 0.3) is 5.91 Å². The van der Waals surface area contributed by atoms with Gasteiger partial charge in [-0.05, 0) is 35.7 Å². The van der Waals surface area contributed by atoms with Crippen molar-refractivity contribution in [1.29, 1.82) is 5.26 Å². The van der Waals surface area contributed by atoms with Gasteiger partial charge in [0.2, 0.25) is 0 Å². The zero-order valence-electron chi connectivity index (χ0n) is 10.7. The molecule has 104 valence electrons. The quantitative estimate of drug-likeness (QED) is 0.670. The van der Waals surface area contributed by atoms with Gasteiger partial charge in [0.1, 0.15) is 11.6 Å². The maximum atomic E-state index is 12.0. The number of carboxylic acid groups (broad SMARTS) is 1. The maximum Gasteiger partial charge on any atom is 0.335 e. The number of aromatic carboxylic acids is 1. The second-order valence-corrected chi connectivity index (χ2v) is 5.00. The molecule has 2 aromatic rings. The Bertz CT molecular complexity index is 743. The number of benzene rings is 1. The number of carbonyl (C=O) groups excluding carboxylic acids is 1. The normalized spacial score (nSPS) is 10.7. The third kappa shape index (κ3) is 3.78. The number of nitrogens with zero attached hydrogens (tertiary/aromatic N) is 1. The summed E-state index contributed by atoms with van der Waals surface area (Å²) in [5.74, 6) is -1.66. The third-order valence-corrected chi connectivity index (χ3v) is 3.38. The lowest BCUT2D eigenvalue weighted by Gasteiger charge is -2.05. The molecule has 0 aliphatic rings. The highest BCUT2D eigenvalue weighted by atomic mass is 32.1. The molecule has 1 amide bonds. The van der Waals surface area contributed by atoms with E-state index in [1.54, 1.807) is 12.1 Å². The Morgan fingerprint density at radius 3 is 2.71 bits per heavy atom. The zero-order valence-corrected chi connectivity index (χ0v) is 11.6. The first kappa shape index (κ1) is 14.5. The molecule has 6 heteroatoms. The first-order valence-corrected chi connectivity index (χ1v) is 6.78. The van der Waals surface area contributed by atoms with Crippen molar-refractivity contribution >= 4 is 35.0 Å². The van der Waals surface area contributed by atoms with Crippen molar-refractivity contribution in [3.05, 3.63) is 57.8 Å². The predicted molar refractivity (Wildman–Crippen MR) is 79.9 cm³/mol. The zero-order chi connectivity index (χ0) is 15.2. The summed E-state index contributed by atoms with van der Waals surface area (Å²) in [5, 5.41) is 22.3. The van der Waals surface area contributed by atoms with E-state index in [0.717, 1.165) is 4.88 Å². The first-order valence-electron chi connectivity index (χ1n) is 5.90. The highest BCUT2D eigenvalue weighted by molar-refractivity contribution is 7.10. The molecule has 0 unspecified atom stereocenters. The van der Waals surface area contributed by atoms with Gasteiger partial charge in [0.15, 0.2) is 0 Å². The van der Waals surface area contributed by atoms with Gasteiger partial charge in [-0.1, -0.05) is 12.1 Å². The van der Waals surface area contributed by atoms with Gasteiger partial charge in [0, 0.05) is 10.6 Å². The van der Waals surface area contributed by atoms with Gasteiger partial charge in [-0.15, -0.1) is 11.3 Å². The van der Waals surface area contributed by atoms with Crippen molar-refractivity contribution in [3.8, 4) is 6.07 Å². The van der Waals surface area contributed by atoms with E-state index in [2.05, 4.69) is 5.32 Å². The van der Waals surface area contributed by atoms with Gasteiger partial charge < -0.3 is 10.4 Å². The Kier molecular flexibility index (Phi) is 4.49. The Labute approximate surface area is 124 Å². The summed E-state index contributed by atoms with van der Waals surface area (Å²) in [6.07, 6.45) is 1.49. The van der Waals surface area contributed by atoms with Crippen LogP contribution in [0.3, 0.4) is 0 Å². The lowest BCUT2D eigenvalue weighted by atomic mass is 10.2. The topological polar surface area (TPSA) is 90.2 Å². The fourth-order valence-corrected chi connectivity index (χ4v) is 2.25. The minimum atomic E-state index is -1.08. The molecule has 2 rings (SSSR count). The van der Waals surface area contributed by atoms with Crippen LogP contribution in [0.25, 0.3) is 6.08 Å². The second-order valence-electron chi connectivity index (χ2n) is 4.03. The standard InChI is InChI=1S/C15H10N2O3S/c16-9-11(8-13-5-2-6-21-13)14(18)17-12-4-1-3-10(7-12)15(19)20/h1-8H,(H,17,18)(H,19,20)/b11-8-. The molecule has 0 spiro atoms. The molecule has 1 aromatic heterocycles. The van der Waals surface area contributed by atoms with Crippen molar-refractivity contribution in [2.45, 2.75) is 0 Å². The fourth-order valence-electron chi connectivity index (χ4n) is 1.59. The molecular weight excluding hydrogens is 288 g/mol. The van der Waals surface area contributed by atoms with Gasteiger partial charge in [-0.2, -0.15) is 5.26 Å². The summed E-state index contributed by atoms with van der Waals surface area (Å²) in [6.45, 7) is 0. The summed E-state index contributed by atoms with van der Waals surface area (Å²) in [6, 6.07) is 11.3. The van der Waals surface area contributed by atoms with Crippen molar-refractivity contribution in [2.75, 3.05) is 5.32 Å². The van der Waals surface area contributed by atoms with Crippen LogP contribution < -0.4 is 5.32 Å².